The zero-order chi connectivity index (χ0) is 25.7. The molecule has 4 rings (SSSR count). The van der Waals surface area contributed by atoms with E-state index in [4.69, 9.17) is 30.5 Å². The Balaban J connectivity index is 1.44. The summed E-state index contributed by atoms with van der Waals surface area (Å²) in [5.74, 6) is 4.14. The molecule has 3 aromatic rings. The SMILES string of the molecule is COc1ccc([C@H]2C[C@@H]2COc2nc(C)ncc2-c2cc(Cl)ncc2OCOCCS(C)(C)C)nc1. The Kier molecular flexibility index (Phi) is 8.54. The smallest absolute Gasteiger partial charge is 0.224 e. The molecule has 0 spiro atoms. The normalized spacial score (nSPS) is 17.5. The minimum absolute atomic E-state index is 0.118. The first-order valence-corrected chi connectivity index (χ1v) is 15.1. The summed E-state index contributed by atoms with van der Waals surface area (Å²) in [6, 6.07) is 5.68. The van der Waals surface area contributed by atoms with Crippen LogP contribution in [0.3, 0.4) is 0 Å². The largest absolute Gasteiger partial charge is 0.495 e. The second kappa shape index (κ2) is 11.6. The van der Waals surface area contributed by atoms with E-state index < -0.39 is 10.0 Å². The van der Waals surface area contributed by atoms with Gasteiger partial charge >= 0.3 is 0 Å². The van der Waals surface area contributed by atoms with Crippen LogP contribution in [0.5, 0.6) is 17.4 Å². The van der Waals surface area contributed by atoms with Crippen molar-refractivity contribution in [2.75, 3.05) is 51.6 Å². The summed E-state index contributed by atoms with van der Waals surface area (Å²) in [5.41, 5.74) is 2.45. The number of aryl methyl sites for hydroxylation is 1. The fourth-order valence-electron chi connectivity index (χ4n) is 3.67. The summed E-state index contributed by atoms with van der Waals surface area (Å²) < 4.78 is 23.0. The minimum Gasteiger partial charge on any atom is -0.495 e. The molecule has 3 aromatic heterocycles. The Morgan fingerprint density at radius 1 is 1.03 bits per heavy atom. The lowest BCUT2D eigenvalue weighted by Gasteiger charge is -2.24. The summed E-state index contributed by atoms with van der Waals surface area (Å²) >= 11 is 6.24. The summed E-state index contributed by atoms with van der Waals surface area (Å²) in [6.45, 7) is 3.12. The molecule has 0 unspecified atom stereocenters. The second-order valence-corrected chi connectivity index (χ2v) is 14.6. The molecular weight excluding hydrogens is 500 g/mol. The molecule has 1 fully saturated rings. The number of hydrogen-bond acceptors (Lipinski definition) is 8. The molecule has 3 heterocycles. The van der Waals surface area contributed by atoms with Crippen LogP contribution in [0.15, 0.2) is 36.8 Å². The van der Waals surface area contributed by atoms with E-state index in [-0.39, 0.29) is 6.79 Å². The maximum atomic E-state index is 6.24. The van der Waals surface area contributed by atoms with E-state index in [1.807, 2.05) is 19.1 Å². The van der Waals surface area contributed by atoms with Crippen LogP contribution in [-0.2, 0) is 4.74 Å². The van der Waals surface area contributed by atoms with Gasteiger partial charge in [0.1, 0.15) is 22.5 Å². The maximum absolute atomic E-state index is 6.24. The number of methoxy groups -OCH3 is 1. The van der Waals surface area contributed by atoms with Gasteiger partial charge in [0.2, 0.25) is 5.88 Å². The van der Waals surface area contributed by atoms with Crippen LogP contribution in [0, 0.1) is 12.8 Å². The molecular formula is C26H33ClN4O4S. The van der Waals surface area contributed by atoms with Crippen molar-refractivity contribution in [3.63, 3.8) is 0 Å². The number of aromatic nitrogens is 4. The summed E-state index contributed by atoms with van der Waals surface area (Å²) in [4.78, 5) is 17.6. The summed E-state index contributed by atoms with van der Waals surface area (Å²) in [6.07, 6.45) is 12.9. The van der Waals surface area contributed by atoms with Gasteiger partial charge < -0.3 is 18.9 Å². The van der Waals surface area contributed by atoms with Gasteiger partial charge in [-0.05, 0) is 50.3 Å². The Morgan fingerprint density at radius 3 is 2.58 bits per heavy atom. The van der Waals surface area contributed by atoms with Crippen LogP contribution in [0.1, 0.15) is 23.9 Å². The van der Waals surface area contributed by atoms with Gasteiger partial charge in [-0.3, -0.25) is 4.98 Å². The van der Waals surface area contributed by atoms with Crippen molar-refractivity contribution in [2.24, 2.45) is 5.92 Å². The summed E-state index contributed by atoms with van der Waals surface area (Å²) in [5, 5.41) is 0.342. The number of pyridine rings is 2. The van der Waals surface area contributed by atoms with Crippen molar-refractivity contribution in [1.29, 1.82) is 0 Å². The molecule has 0 radical (unpaired) electrons. The van der Waals surface area contributed by atoms with Crippen LogP contribution < -0.4 is 14.2 Å². The average Bonchev–Trinajstić information content (AvgIpc) is 3.62. The molecule has 2 atom stereocenters. The van der Waals surface area contributed by atoms with Crippen molar-refractivity contribution in [1.82, 2.24) is 19.9 Å². The first kappa shape index (κ1) is 26.4. The van der Waals surface area contributed by atoms with Crippen molar-refractivity contribution in [3.8, 4) is 28.5 Å². The lowest BCUT2D eigenvalue weighted by Crippen LogP contribution is -2.11. The fraction of sp³-hybridized carbons (Fsp3) is 0.462. The molecule has 0 aliphatic heterocycles. The molecule has 0 saturated heterocycles. The summed E-state index contributed by atoms with van der Waals surface area (Å²) in [7, 11) is 1.02. The number of halogens is 1. The molecule has 0 aromatic carbocycles. The molecule has 194 valence electrons. The topological polar surface area (TPSA) is 88.5 Å². The standard InChI is InChI=1S/C26H33ClN4O4S/c1-17-28-13-22(21-11-25(27)30-14-24(21)35-16-33-8-9-36(3,4)5)26(31-17)34-15-18-10-20(18)23-7-6-19(32-2)12-29-23/h6-7,11-14,18,20H,8-10,15-16H2,1-5H3/t18-,20+/m1/s1. The highest BCUT2D eigenvalue weighted by molar-refractivity contribution is 8.32. The third-order valence-electron chi connectivity index (χ3n) is 5.87. The van der Waals surface area contributed by atoms with Crippen LogP contribution in [0.25, 0.3) is 11.1 Å². The molecule has 36 heavy (non-hydrogen) atoms. The van der Waals surface area contributed by atoms with Gasteiger partial charge in [-0.2, -0.15) is 4.98 Å². The Hall–Kier alpha value is -2.62. The van der Waals surface area contributed by atoms with Gasteiger partial charge in [-0.25, -0.2) is 20.0 Å². The predicted octanol–water partition coefficient (Wildman–Crippen LogP) is 5.13. The van der Waals surface area contributed by atoms with Gasteiger partial charge in [0.25, 0.3) is 0 Å². The van der Waals surface area contributed by atoms with Crippen molar-refractivity contribution in [2.45, 2.75) is 19.3 Å². The molecule has 0 N–H and O–H groups in total. The fourth-order valence-corrected chi connectivity index (χ4v) is 4.45. The lowest BCUT2D eigenvalue weighted by atomic mass is 10.1. The monoisotopic (exact) mass is 532 g/mol. The molecule has 0 bridgehead atoms. The van der Waals surface area contributed by atoms with E-state index in [1.54, 1.807) is 31.8 Å². The second-order valence-electron chi connectivity index (χ2n) is 9.64. The van der Waals surface area contributed by atoms with E-state index in [0.29, 0.717) is 58.8 Å². The van der Waals surface area contributed by atoms with Gasteiger partial charge in [-0.1, -0.05) is 11.6 Å². The predicted molar refractivity (Wildman–Crippen MR) is 144 cm³/mol. The molecule has 0 amide bonds. The van der Waals surface area contributed by atoms with Crippen molar-refractivity contribution < 1.29 is 18.9 Å². The lowest BCUT2D eigenvalue weighted by molar-refractivity contribution is 0.0238. The van der Waals surface area contributed by atoms with E-state index >= 15 is 0 Å². The minimum atomic E-state index is -0.622. The number of rotatable bonds is 12. The quantitative estimate of drug-likeness (QED) is 0.180. The van der Waals surface area contributed by atoms with Gasteiger partial charge in [0.05, 0.1) is 38.3 Å². The number of nitrogens with zero attached hydrogens (tertiary/aromatic N) is 4. The number of ether oxygens (including phenoxy) is 4. The molecule has 1 saturated carbocycles. The Morgan fingerprint density at radius 2 is 1.86 bits per heavy atom. The third kappa shape index (κ3) is 7.21. The Labute approximate surface area is 219 Å². The van der Waals surface area contributed by atoms with E-state index in [9.17, 15) is 0 Å². The van der Waals surface area contributed by atoms with Gasteiger partial charge in [0, 0.05) is 35.0 Å². The van der Waals surface area contributed by atoms with Crippen LogP contribution in [-0.4, -0.2) is 71.6 Å². The van der Waals surface area contributed by atoms with E-state index in [1.165, 1.54) is 0 Å². The van der Waals surface area contributed by atoms with Crippen molar-refractivity contribution >= 4 is 21.6 Å². The van der Waals surface area contributed by atoms with Gasteiger partial charge in [0.15, 0.2) is 6.79 Å². The molecule has 1 aliphatic carbocycles. The zero-order valence-electron chi connectivity index (χ0n) is 21.4. The average molecular weight is 533 g/mol. The Bertz CT molecular complexity index is 1170. The highest BCUT2D eigenvalue weighted by Crippen LogP contribution is 2.47. The van der Waals surface area contributed by atoms with Crippen molar-refractivity contribution in [3.05, 3.63) is 53.5 Å². The molecule has 8 nitrogen and oxygen atoms in total. The third-order valence-corrected chi connectivity index (χ3v) is 7.47. The van der Waals surface area contributed by atoms with Crippen LogP contribution in [0.4, 0.5) is 0 Å². The highest BCUT2D eigenvalue weighted by Gasteiger charge is 2.40. The first-order valence-electron chi connectivity index (χ1n) is 11.7. The highest BCUT2D eigenvalue weighted by atomic mass is 35.5. The number of hydrogen-bond donors (Lipinski definition) is 0. The van der Waals surface area contributed by atoms with E-state index in [2.05, 4.69) is 38.7 Å². The van der Waals surface area contributed by atoms with Crippen LogP contribution in [0.2, 0.25) is 5.15 Å². The van der Waals surface area contributed by atoms with Gasteiger partial charge in [-0.15, -0.1) is 0 Å². The molecule has 10 heteroatoms. The molecule has 1 aliphatic rings. The maximum Gasteiger partial charge on any atom is 0.224 e. The van der Waals surface area contributed by atoms with E-state index in [0.717, 1.165) is 23.6 Å². The zero-order valence-corrected chi connectivity index (χ0v) is 22.9. The first-order chi connectivity index (χ1) is 17.2. The van der Waals surface area contributed by atoms with Crippen LogP contribution >= 0.6 is 21.6 Å².